The summed E-state index contributed by atoms with van der Waals surface area (Å²) in [4.78, 5) is 0. The van der Waals surface area contributed by atoms with Gasteiger partial charge in [0.1, 0.15) is 24.1 Å². The molecular formula is C26H18F4. The van der Waals surface area contributed by atoms with Gasteiger partial charge in [-0.3, -0.25) is 0 Å². The van der Waals surface area contributed by atoms with Crippen molar-refractivity contribution in [2.75, 3.05) is 0 Å². The summed E-state index contributed by atoms with van der Waals surface area (Å²) in [6.07, 6.45) is 0. The van der Waals surface area contributed by atoms with Gasteiger partial charge in [-0.25, -0.2) is 17.6 Å². The van der Waals surface area contributed by atoms with Gasteiger partial charge in [0.15, 0.2) is 0 Å². The Morgan fingerprint density at radius 1 is 0.533 bits per heavy atom. The van der Waals surface area contributed by atoms with E-state index >= 15 is 0 Å². The predicted molar refractivity (Wildman–Crippen MR) is 112 cm³/mol. The molecule has 0 amide bonds. The van der Waals surface area contributed by atoms with E-state index in [-0.39, 0.29) is 16.7 Å². The fourth-order valence-electron chi connectivity index (χ4n) is 3.41. The minimum atomic E-state index is -0.925. The minimum Gasteiger partial charge on any atom is -0.246 e. The molecule has 0 N–H and O–H groups in total. The Morgan fingerprint density at radius 3 is 1.53 bits per heavy atom. The second kappa shape index (κ2) is 8.15. The maximum absolute atomic E-state index is 14.8. The Balaban J connectivity index is 1.67. The molecule has 0 unspecified atom stereocenters. The van der Waals surface area contributed by atoms with Gasteiger partial charge in [0, 0.05) is 16.7 Å². The average molecular weight is 406 g/mol. The predicted octanol–water partition coefficient (Wildman–Crippen LogP) is 7.88. The van der Waals surface area contributed by atoms with Crippen molar-refractivity contribution in [1.82, 2.24) is 0 Å². The van der Waals surface area contributed by atoms with Crippen molar-refractivity contribution in [2.45, 2.75) is 13.6 Å². The number of aryl methyl sites for hydroxylation is 1. The topological polar surface area (TPSA) is 0 Å². The van der Waals surface area contributed by atoms with E-state index in [1.54, 1.807) is 18.2 Å². The van der Waals surface area contributed by atoms with Crippen LogP contribution in [0, 0.1) is 24.4 Å². The second-order valence-electron chi connectivity index (χ2n) is 7.20. The zero-order chi connectivity index (χ0) is 21.3. The number of benzene rings is 4. The van der Waals surface area contributed by atoms with Gasteiger partial charge in [-0.15, -0.1) is 0 Å². The molecule has 0 spiro atoms. The van der Waals surface area contributed by atoms with Crippen LogP contribution in [-0.4, -0.2) is 0 Å². The lowest BCUT2D eigenvalue weighted by atomic mass is 9.96. The largest absolute Gasteiger partial charge is 0.246 e. The van der Waals surface area contributed by atoms with Gasteiger partial charge < -0.3 is 0 Å². The number of hydrogen-bond donors (Lipinski definition) is 0. The molecule has 0 aliphatic rings. The molecule has 0 saturated heterocycles. The third-order valence-electron chi connectivity index (χ3n) is 5.14. The molecule has 0 aliphatic carbocycles. The van der Waals surface area contributed by atoms with Crippen molar-refractivity contribution >= 4 is 0 Å². The van der Waals surface area contributed by atoms with E-state index in [9.17, 15) is 17.6 Å². The monoisotopic (exact) mass is 406 g/mol. The van der Waals surface area contributed by atoms with Crippen LogP contribution in [0.15, 0.2) is 78.9 Å². The van der Waals surface area contributed by atoms with Gasteiger partial charge in [0.2, 0.25) is 0 Å². The first-order chi connectivity index (χ1) is 14.5. The lowest BCUT2D eigenvalue weighted by Gasteiger charge is -2.10. The first-order valence-corrected chi connectivity index (χ1v) is 9.47. The Morgan fingerprint density at radius 2 is 1.00 bits per heavy atom. The van der Waals surface area contributed by atoms with Crippen molar-refractivity contribution in [3.8, 4) is 33.4 Å². The van der Waals surface area contributed by atoms with Gasteiger partial charge in [0.05, 0.1) is 0 Å². The standard InChI is InChI=1S/C26H18F4/c1-16-2-4-17(5-3-16)18-8-10-22(25(29)12-18)20-9-11-23(26(30)14-20)19-6-7-21(15-27)24(28)13-19/h2-14H,15H2,1H3. The Labute approximate surface area is 172 Å². The van der Waals surface area contributed by atoms with Gasteiger partial charge in [0.25, 0.3) is 0 Å². The molecule has 0 saturated carbocycles. The fourth-order valence-corrected chi connectivity index (χ4v) is 3.41. The van der Waals surface area contributed by atoms with E-state index in [2.05, 4.69) is 0 Å². The van der Waals surface area contributed by atoms with Crippen LogP contribution in [0.5, 0.6) is 0 Å². The highest BCUT2D eigenvalue weighted by Gasteiger charge is 2.13. The van der Waals surface area contributed by atoms with Crippen LogP contribution in [0.4, 0.5) is 17.6 Å². The average Bonchev–Trinajstić information content (AvgIpc) is 2.74. The summed E-state index contributed by atoms with van der Waals surface area (Å²) < 4.78 is 56.1. The van der Waals surface area contributed by atoms with Gasteiger partial charge >= 0.3 is 0 Å². The Bertz CT molecular complexity index is 1210. The van der Waals surface area contributed by atoms with Crippen LogP contribution < -0.4 is 0 Å². The van der Waals surface area contributed by atoms with Crippen LogP contribution in [0.1, 0.15) is 11.1 Å². The molecule has 4 aromatic carbocycles. The Kier molecular flexibility index (Phi) is 5.40. The first kappa shape index (κ1) is 19.9. The normalized spacial score (nSPS) is 11.0. The zero-order valence-electron chi connectivity index (χ0n) is 16.2. The van der Waals surface area contributed by atoms with Crippen LogP contribution in [0.2, 0.25) is 0 Å². The van der Waals surface area contributed by atoms with Crippen molar-refractivity contribution in [3.63, 3.8) is 0 Å². The lowest BCUT2D eigenvalue weighted by Crippen LogP contribution is -1.92. The van der Waals surface area contributed by atoms with Crippen molar-refractivity contribution in [1.29, 1.82) is 0 Å². The van der Waals surface area contributed by atoms with Crippen LogP contribution in [0.3, 0.4) is 0 Å². The van der Waals surface area contributed by atoms with E-state index in [0.717, 1.165) is 22.8 Å². The highest BCUT2D eigenvalue weighted by atomic mass is 19.1. The molecule has 0 bridgehead atoms. The summed E-state index contributed by atoms with van der Waals surface area (Å²) in [6.45, 7) is 1.06. The molecule has 4 heteroatoms. The highest BCUT2D eigenvalue weighted by Crippen LogP contribution is 2.32. The summed E-state index contributed by atoms with van der Waals surface area (Å²) in [5, 5.41) is 0. The number of hydrogen-bond acceptors (Lipinski definition) is 0. The maximum Gasteiger partial charge on any atom is 0.131 e. The van der Waals surface area contributed by atoms with Crippen LogP contribution >= 0.6 is 0 Å². The smallest absolute Gasteiger partial charge is 0.131 e. The molecule has 150 valence electrons. The zero-order valence-corrected chi connectivity index (χ0v) is 16.2. The molecule has 0 aromatic heterocycles. The molecule has 0 aliphatic heterocycles. The number of halogens is 4. The molecule has 0 heterocycles. The summed E-state index contributed by atoms with van der Waals surface area (Å²) in [5.41, 5.74) is 3.78. The quantitative estimate of drug-likeness (QED) is 0.302. The Hall–Kier alpha value is -3.40. The second-order valence-corrected chi connectivity index (χ2v) is 7.20. The fraction of sp³-hybridized carbons (Fsp3) is 0.0769. The SMILES string of the molecule is Cc1ccc(-c2ccc(-c3ccc(-c4ccc(CF)c(F)c4)c(F)c3)c(F)c2)cc1. The van der Waals surface area contributed by atoms with Crippen LogP contribution in [0.25, 0.3) is 33.4 Å². The third-order valence-corrected chi connectivity index (χ3v) is 5.14. The van der Waals surface area contributed by atoms with E-state index in [1.807, 2.05) is 31.2 Å². The summed E-state index contributed by atoms with van der Waals surface area (Å²) in [6, 6.07) is 20.7. The number of rotatable bonds is 4. The molecule has 0 nitrogen and oxygen atoms in total. The van der Waals surface area contributed by atoms with Crippen molar-refractivity contribution in [2.24, 2.45) is 0 Å². The third kappa shape index (κ3) is 3.86. The van der Waals surface area contributed by atoms with E-state index in [4.69, 9.17) is 0 Å². The lowest BCUT2D eigenvalue weighted by molar-refractivity contribution is 0.464. The molecule has 4 aromatic rings. The van der Waals surface area contributed by atoms with E-state index in [0.29, 0.717) is 11.1 Å². The summed E-state index contributed by atoms with van der Waals surface area (Å²) in [5.74, 6) is -1.79. The summed E-state index contributed by atoms with van der Waals surface area (Å²) in [7, 11) is 0. The number of alkyl halides is 1. The maximum atomic E-state index is 14.8. The van der Waals surface area contributed by atoms with Gasteiger partial charge in [-0.1, -0.05) is 66.2 Å². The summed E-state index contributed by atoms with van der Waals surface area (Å²) >= 11 is 0. The molecule has 30 heavy (non-hydrogen) atoms. The molecular weight excluding hydrogens is 388 g/mol. The van der Waals surface area contributed by atoms with Crippen molar-refractivity contribution < 1.29 is 17.6 Å². The minimum absolute atomic E-state index is 0.0773. The first-order valence-electron chi connectivity index (χ1n) is 9.47. The van der Waals surface area contributed by atoms with Crippen LogP contribution in [-0.2, 0) is 6.67 Å². The van der Waals surface area contributed by atoms with E-state index < -0.39 is 24.1 Å². The van der Waals surface area contributed by atoms with Crippen molar-refractivity contribution in [3.05, 3.63) is 107 Å². The molecule has 0 atom stereocenters. The molecule has 0 fully saturated rings. The molecule has 4 rings (SSSR count). The van der Waals surface area contributed by atoms with E-state index in [1.165, 1.54) is 30.3 Å². The van der Waals surface area contributed by atoms with Gasteiger partial charge in [-0.2, -0.15) is 0 Å². The van der Waals surface area contributed by atoms with Gasteiger partial charge in [-0.05, 0) is 47.4 Å². The molecule has 0 radical (unpaired) electrons. The highest BCUT2D eigenvalue weighted by molar-refractivity contribution is 5.74.